The largest absolute Gasteiger partial charge is 0.261 e. The summed E-state index contributed by atoms with van der Waals surface area (Å²) < 4.78 is 25.9. The van der Waals surface area contributed by atoms with Crippen molar-refractivity contribution >= 4 is 20.6 Å². The van der Waals surface area contributed by atoms with Gasteiger partial charge in [0.25, 0.3) is 0 Å². The lowest BCUT2D eigenvalue weighted by Crippen LogP contribution is -2.06. The highest BCUT2D eigenvalue weighted by Gasteiger charge is 2.18. The van der Waals surface area contributed by atoms with E-state index in [1.54, 1.807) is 30.6 Å². The number of nitrogens with zero attached hydrogens (tertiary/aromatic N) is 4. The summed E-state index contributed by atoms with van der Waals surface area (Å²) in [6.45, 7) is 4.03. The summed E-state index contributed by atoms with van der Waals surface area (Å²) in [4.78, 5) is 17.2. The molecule has 7 heteroatoms. The van der Waals surface area contributed by atoms with Crippen molar-refractivity contribution in [3.63, 3.8) is 0 Å². The van der Waals surface area contributed by atoms with Crippen LogP contribution in [-0.2, 0) is 15.6 Å². The molecule has 0 radical (unpaired) electrons. The van der Waals surface area contributed by atoms with Crippen LogP contribution in [0.2, 0.25) is 0 Å². The molecule has 0 saturated heterocycles. The van der Waals surface area contributed by atoms with Gasteiger partial charge in [-0.1, -0.05) is 30.3 Å². The number of fused-ring (bicyclic) bond motifs is 1. The number of benzene rings is 2. The highest BCUT2D eigenvalue weighted by molar-refractivity contribution is 7.90. The third-order valence-electron chi connectivity index (χ3n) is 5.80. The summed E-state index contributed by atoms with van der Waals surface area (Å²) in [6, 6.07) is 19.0. The fourth-order valence-electron chi connectivity index (χ4n) is 3.99. The molecule has 0 unspecified atom stereocenters. The van der Waals surface area contributed by atoms with E-state index in [1.807, 2.05) is 31.3 Å². The first-order valence-corrected chi connectivity index (χ1v) is 12.5. The van der Waals surface area contributed by atoms with Crippen molar-refractivity contribution < 1.29 is 8.42 Å². The molecule has 0 aliphatic heterocycles. The molecule has 0 aliphatic rings. The van der Waals surface area contributed by atoms with Crippen LogP contribution in [0.5, 0.6) is 0 Å². The van der Waals surface area contributed by atoms with Crippen LogP contribution in [0.4, 0.5) is 0 Å². The van der Waals surface area contributed by atoms with Crippen LogP contribution in [0.15, 0.2) is 90.5 Å². The van der Waals surface area contributed by atoms with Gasteiger partial charge in [0.05, 0.1) is 22.0 Å². The van der Waals surface area contributed by atoms with E-state index in [0.717, 1.165) is 44.4 Å². The Labute approximate surface area is 198 Å². The average Bonchev–Trinajstić information content (AvgIpc) is 2.84. The standard InChI is InChI=1S/C27H22N4O2S/c1-18-13-20(22-4-3-19(2)30-15-22)5-7-25(18)27-26-8-6-24(14-21(26)9-12-29-27)34(32,33)16-23-10-11-28-17-31-23/h3-15,17H,16H2,1-2H3. The van der Waals surface area contributed by atoms with E-state index >= 15 is 0 Å². The maximum atomic E-state index is 13.0. The lowest BCUT2D eigenvalue weighted by molar-refractivity contribution is 0.594. The first-order chi connectivity index (χ1) is 16.4. The SMILES string of the molecule is Cc1ccc(-c2ccc(-c3nccc4cc(S(=O)(=O)Cc5ccncn5)ccc34)c(C)c2)cn1. The highest BCUT2D eigenvalue weighted by atomic mass is 32.2. The van der Waals surface area contributed by atoms with Crippen LogP contribution in [-0.4, -0.2) is 28.4 Å². The van der Waals surface area contributed by atoms with Crippen LogP contribution in [0, 0.1) is 13.8 Å². The molecule has 5 rings (SSSR count). The number of pyridine rings is 2. The van der Waals surface area contributed by atoms with Crippen LogP contribution < -0.4 is 0 Å². The van der Waals surface area contributed by atoms with E-state index in [0.29, 0.717) is 5.69 Å². The minimum absolute atomic E-state index is 0.173. The second-order valence-corrected chi connectivity index (χ2v) is 10.2. The Kier molecular flexibility index (Phi) is 5.63. The van der Waals surface area contributed by atoms with Crippen LogP contribution in [0.3, 0.4) is 0 Å². The molecule has 2 aromatic carbocycles. The Morgan fingerprint density at radius 1 is 0.794 bits per heavy atom. The van der Waals surface area contributed by atoms with Crippen LogP contribution in [0.25, 0.3) is 33.2 Å². The molecule has 0 atom stereocenters. The third kappa shape index (κ3) is 4.30. The summed E-state index contributed by atoms with van der Waals surface area (Å²) in [7, 11) is -3.55. The summed E-state index contributed by atoms with van der Waals surface area (Å²) >= 11 is 0. The second-order valence-electron chi connectivity index (χ2n) is 8.22. The third-order valence-corrected chi connectivity index (χ3v) is 7.45. The number of hydrogen-bond acceptors (Lipinski definition) is 6. The Balaban J connectivity index is 1.52. The van der Waals surface area contributed by atoms with Gasteiger partial charge in [-0.25, -0.2) is 18.4 Å². The van der Waals surface area contributed by atoms with Gasteiger partial charge >= 0.3 is 0 Å². The zero-order chi connectivity index (χ0) is 23.7. The van der Waals surface area contributed by atoms with Crippen LogP contribution in [0.1, 0.15) is 17.0 Å². The van der Waals surface area contributed by atoms with E-state index in [2.05, 4.69) is 51.1 Å². The molecule has 0 N–H and O–H groups in total. The normalized spacial score (nSPS) is 11.6. The van der Waals surface area contributed by atoms with Gasteiger partial charge in [-0.2, -0.15) is 0 Å². The number of aryl methyl sites for hydroxylation is 2. The predicted molar refractivity (Wildman–Crippen MR) is 133 cm³/mol. The van der Waals surface area contributed by atoms with E-state index in [-0.39, 0.29) is 10.6 Å². The molecule has 168 valence electrons. The highest BCUT2D eigenvalue weighted by Crippen LogP contribution is 2.33. The van der Waals surface area contributed by atoms with E-state index < -0.39 is 9.84 Å². The molecule has 0 aliphatic carbocycles. The zero-order valence-corrected chi connectivity index (χ0v) is 19.6. The van der Waals surface area contributed by atoms with Crippen molar-refractivity contribution in [2.24, 2.45) is 0 Å². The maximum absolute atomic E-state index is 13.0. The van der Waals surface area contributed by atoms with Crippen molar-refractivity contribution in [2.75, 3.05) is 0 Å². The van der Waals surface area contributed by atoms with Gasteiger partial charge in [0.1, 0.15) is 6.33 Å². The van der Waals surface area contributed by atoms with Gasteiger partial charge in [0, 0.05) is 40.8 Å². The minimum Gasteiger partial charge on any atom is -0.261 e. The molecular formula is C27H22N4O2S. The molecule has 3 heterocycles. The van der Waals surface area contributed by atoms with Crippen LogP contribution >= 0.6 is 0 Å². The smallest absolute Gasteiger partial charge is 0.184 e. The molecule has 0 spiro atoms. The van der Waals surface area contributed by atoms with Crippen molar-refractivity contribution in [2.45, 2.75) is 24.5 Å². The Bertz CT molecular complexity index is 1600. The number of hydrogen-bond donors (Lipinski definition) is 0. The average molecular weight is 467 g/mol. The summed E-state index contributed by atoms with van der Waals surface area (Å²) in [5.74, 6) is -0.173. The van der Waals surface area contributed by atoms with Gasteiger partial charge in [0.15, 0.2) is 9.84 Å². The Morgan fingerprint density at radius 2 is 1.65 bits per heavy atom. The van der Waals surface area contributed by atoms with Crippen molar-refractivity contribution in [3.05, 3.63) is 103 Å². The van der Waals surface area contributed by atoms with Gasteiger partial charge in [-0.15, -0.1) is 0 Å². The zero-order valence-electron chi connectivity index (χ0n) is 18.8. The van der Waals surface area contributed by atoms with Gasteiger partial charge in [-0.3, -0.25) is 9.97 Å². The Morgan fingerprint density at radius 3 is 2.38 bits per heavy atom. The van der Waals surface area contributed by atoms with E-state index in [4.69, 9.17) is 0 Å². The molecule has 6 nitrogen and oxygen atoms in total. The molecule has 0 amide bonds. The van der Waals surface area contributed by atoms with Crippen molar-refractivity contribution in [1.29, 1.82) is 0 Å². The molecule has 0 bridgehead atoms. The molecule has 5 aromatic rings. The first-order valence-electron chi connectivity index (χ1n) is 10.8. The monoisotopic (exact) mass is 466 g/mol. The first kappa shape index (κ1) is 21.9. The summed E-state index contributed by atoms with van der Waals surface area (Å²) in [5.41, 5.74) is 6.50. The van der Waals surface area contributed by atoms with Gasteiger partial charge in [-0.05, 0) is 60.7 Å². The minimum atomic E-state index is -3.55. The molecular weight excluding hydrogens is 444 g/mol. The second kappa shape index (κ2) is 8.76. The Hall–Kier alpha value is -3.97. The predicted octanol–water partition coefficient (Wildman–Crippen LogP) is 5.34. The number of aromatic nitrogens is 4. The van der Waals surface area contributed by atoms with Crippen molar-refractivity contribution in [3.8, 4) is 22.4 Å². The lowest BCUT2D eigenvalue weighted by atomic mass is 9.96. The van der Waals surface area contributed by atoms with Gasteiger partial charge in [0.2, 0.25) is 0 Å². The lowest BCUT2D eigenvalue weighted by Gasteiger charge is -2.12. The number of rotatable bonds is 5. The summed E-state index contributed by atoms with van der Waals surface area (Å²) in [6.07, 6.45) is 6.49. The molecule has 0 saturated carbocycles. The molecule has 34 heavy (non-hydrogen) atoms. The fraction of sp³-hybridized carbons (Fsp3) is 0.111. The number of sulfone groups is 1. The maximum Gasteiger partial charge on any atom is 0.184 e. The summed E-state index contributed by atoms with van der Waals surface area (Å²) in [5, 5.41) is 1.72. The van der Waals surface area contributed by atoms with Gasteiger partial charge < -0.3 is 0 Å². The van der Waals surface area contributed by atoms with E-state index in [1.165, 1.54) is 6.33 Å². The quantitative estimate of drug-likeness (QED) is 0.347. The van der Waals surface area contributed by atoms with E-state index in [9.17, 15) is 8.42 Å². The van der Waals surface area contributed by atoms with Crippen molar-refractivity contribution in [1.82, 2.24) is 19.9 Å². The molecule has 0 fully saturated rings. The molecule has 3 aromatic heterocycles. The topological polar surface area (TPSA) is 85.7 Å². The fourth-order valence-corrected chi connectivity index (χ4v) is 5.30.